The summed E-state index contributed by atoms with van der Waals surface area (Å²) in [6, 6.07) is 0. The fourth-order valence-corrected chi connectivity index (χ4v) is 11.9. The number of rotatable bonds is 64. The molecule has 0 saturated carbocycles. The van der Waals surface area contributed by atoms with Crippen molar-refractivity contribution in [2.45, 2.75) is 400 Å². The first-order chi connectivity index (χ1) is 37.0. The summed E-state index contributed by atoms with van der Waals surface area (Å²) in [5.74, 6) is 0.397. The van der Waals surface area contributed by atoms with Gasteiger partial charge in [-0.2, -0.15) is 0 Å². The molecule has 0 aliphatic rings. The van der Waals surface area contributed by atoms with Crippen molar-refractivity contribution in [3.8, 4) is 0 Å². The second kappa shape index (κ2) is 67.8. The van der Waals surface area contributed by atoms with Gasteiger partial charge in [0.05, 0.1) is 13.2 Å². The summed E-state index contributed by atoms with van der Waals surface area (Å²) in [5, 5.41) is 0. The summed E-state index contributed by atoms with van der Waals surface area (Å²) < 4.78 is 74.7. The van der Waals surface area contributed by atoms with Crippen molar-refractivity contribution in [1.29, 1.82) is 0 Å². The van der Waals surface area contributed by atoms with Crippen LogP contribution >= 0.6 is 0 Å². The molecule has 0 aromatic rings. The van der Waals surface area contributed by atoms with Gasteiger partial charge in [-0.15, -0.1) is 0 Å². The van der Waals surface area contributed by atoms with Crippen LogP contribution in [0.4, 0.5) is 0 Å². The predicted octanol–water partition coefficient (Wildman–Crippen LogP) is 22.5. The van der Waals surface area contributed by atoms with Crippen LogP contribution in [-0.2, 0) is 29.2 Å². The van der Waals surface area contributed by atoms with Gasteiger partial charge in [-0.05, 0) is 37.5 Å². The molecule has 0 amide bonds. The molecule has 8 nitrogen and oxygen atoms in total. The van der Waals surface area contributed by atoms with E-state index in [1.807, 2.05) is 0 Å². The van der Waals surface area contributed by atoms with E-state index in [0.29, 0.717) is 0 Å². The summed E-state index contributed by atoms with van der Waals surface area (Å²) in [7, 11) is -9.16. The third-order valence-electron chi connectivity index (χ3n) is 16.3. The summed E-state index contributed by atoms with van der Waals surface area (Å²) in [5.41, 5.74) is 0. The van der Waals surface area contributed by atoms with E-state index in [2.05, 4.69) is 36.1 Å². The Morgan fingerprint density at radius 1 is 0.234 bits per heavy atom. The molecule has 2 unspecified atom stereocenters. The molecule has 0 aliphatic heterocycles. The topological polar surface area (TPSA) is 133 Å². The maximum atomic E-state index is 10.9. The van der Waals surface area contributed by atoms with Gasteiger partial charge in [-0.1, -0.05) is 374 Å². The van der Waals surface area contributed by atoms with Crippen molar-refractivity contribution in [2.75, 3.05) is 13.2 Å². The standard InChI is InChI=1S/2C33H68O4S.Ca/c2*1-3-5-7-9-11-13-14-15-16-17-18-19-20-21-22-23-25-27-29-31-33(32-37-38(34,35)36)30-28-26-24-12-10-8-6-4-2;/h2*33H,3-32H2,1-2H3,(H,34,35,36);/q;;+2/p-2. The van der Waals surface area contributed by atoms with Gasteiger partial charge in [0.2, 0.25) is 20.8 Å². The maximum Gasteiger partial charge on any atom is 2.00 e. The Kier molecular flexibility index (Phi) is 72.4. The molecule has 0 bridgehead atoms. The van der Waals surface area contributed by atoms with Crippen molar-refractivity contribution in [2.24, 2.45) is 11.8 Å². The van der Waals surface area contributed by atoms with Gasteiger partial charge in [-0.25, -0.2) is 16.8 Å². The summed E-state index contributed by atoms with van der Waals surface area (Å²) >= 11 is 0. The van der Waals surface area contributed by atoms with Gasteiger partial charge < -0.3 is 9.11 Å². The maximum absolute atomic E-state index is 10.9. The molecule has 0 fully saturated rings. The normalized spacial score (nSPS) is 12.6. The number of hydrogen-bond donors (Lipinski definition) is 0. The molecule has 0 radical (unpaired) electrons. The fourth-order valence-electron chi connectivity index (χ4n) is 11.1. The van der Waals surface area contributed by atoms with Crippen LogP contribution in [0.25, 0.3) is 0 Å². The Balaban J connectivity index is -0.00000140. The van der Waals surface area contributed by atoms with Gasteiger partial charge >= 0.3 is 37.7 Å². The molecule has 460 valence electrons. The summed E-state index contributed by atoms with van der Waals surface area (Å²) in [4.78, 5) is 0. The van der Waals surface area contributed by atoms with Gasteiger partial charge in [0.1, 0.15) is 0 Å². The van der Waals surface area contributed by atoms with Crippen molar-refractivity contribution in [1.82, 2.24) is 0 Å². The van der Waals surface area contributed by atoms with Crippen molar-refractivity contribution < 1.29 is 34.3 Å². The van der Waals surface area contributed by atoms with Crippen LogP contribution < -0.4 is 0 Å². The minimum Gasteiger partial charge on any atom is -0.726 e. The molecule has 0 heterocycles. The molecule has 0 aromatic carbocycles. The zero-order valence-electron chi connectivity index (χ0n) is 52.4. The first-order valence-electron chi connectivity index (χ1n) is 34.2. The Bertz CT molecular complexity index is 1200. The molecule has 0 N–H and O–H groups in total. The van der Waals surface area contributed by atoms with Crippen LogP contribution in [-0.4, -0.2) is 76.9 Å². The van der Waals surface area contributed by atoms with Crippen molar-refractivity contribution in [3.63, 3.8) is 0 Å². The second-order valence-corrected chi connectivity index (χ2v) is 26.1. The van der Waals surface area contributed by atoms with Crippen LogP contribution in [0.2, 0.25) is 0 Å². The number of unbranched alkanes of at least 4 members (excludes halogenated alkanes) is 50. The van der Waals surface area contributed by atoms with Gasteiger partial charge in [-0.3, -0.25) is 8.37 Å². The van der Waals surface area contributed by atoms with Crippen LogP contribution in [0.5, 0.6) is 0 Å². The fraction of sp³-hybridized carbons (Fsp3) is 1.00. The largest absolute Gasteiger partial charge is 2.00 e. The van der Waals surface area contributed by atoms with E-state index >= 15 is 0 Å². The Morgan fingerprint density at radius 3 is 0.468 bits per heavy atom. The predicted molar refractivity (Wildman–Crippen MR) is 335 cm³/mol. The average Bonchev–Trinajstić information content (AvgIpc) is 3.39. The Morgan fingerprint density at radius 2 is 0.351 bits per heavy atom. The van der Waals surface area contributed by atoms with E-state index in [1.54, 1.807) is 0 Å². The molecule has 11 heteroatoms. The molecular weight excluding hydrogens is 1020 g/mol. The summed E-state index contributed by atoms with van der Waals surface area (Å²) in [6.07, 6.45) is 76.4. The van der Waals surface area contributed by atoms with E-state index in [9.17, 15) is 25.9 Å². The number of hydrogen-bond acceptors (Lipinski definition) is 8. The Labute approximate surface area is 513 Å². The van der Waals surface area contributed by atoms with E-state index in [4.69, 9.17) is 0 Å². The summed E-state index contributed by atoms with van der Waals surface area (Å²) in [6.45, 7) is 9.19. The van der Waals surface area contributed by atoms with E-state index < -0.39 is 20.8 Å². The molecule has 77 heavy (non-hydrogen) atoms. The minimum atomic E-state index is -4.58. The molecule has 0 aliphatic carbocycles. The van der Waals surface area contributed by atoms with Crippen LogP contribution in [0.15, 0.2) is 0 Å². The molecule has 0 spiro atoms. The third-order valence-corrected chi connectivity index (χ3v) is 17.1. The average molecular weight is 1160 g/mol. The molecule has 0 rings (SSSR count). The monoisotopic (exact) mass is 1160 g/mol. The molecular formula is C66H134CaO8S2. The van der Waals surface area contributed by atoms with E-state index in [0.717, 1.165) is 51.4 Å². The quantitative estimate of drug-likeness (QED) is 0.0254. The van der Waals surface area contributed by atoms with Crippen LogP contribution in [0.1, 0.15) is 400 Å². The van der Waals surface area contributed by atoms with Gasteiger partial charge in [0.15, 0.2) is 0 Å². The zero-order chi connectivity index (χ0) is 56.0. The first-order valence-corrected chi connectivity index (χ1v) is 36.9. The minimum absolute atomic E-state index is 0. The first kappa shape index (κ1) is 82.2. The smallest absolute Gasteiger partial charge is 0.726 e. The van der Waals surface area contributed by atoms with Crippen LogP contribution in [0, 0.1) is 11.8 Å². The van der Waals surface area contributed by atoms with Gasteiger partial charge in [0.25, 0.3) is 0 Å². The third kappa shape index (κ3) is 77.0. The second-order valence-electron chi connectivity index (χ2n) is 23.9. The van der Waals surface area contributed by atoms with Gasteiger partial charge in [0, 0.05) is 0 Å². The molecule has 0 aromatic heterocycles. The Hall–Kier alpha value is 1.000. The van der Waals surface area contributed by atoms with Crippen molar-refractivity contribution >= 4 is 58.5 Å². The molecule has 0 saturated heterocycles. The molecule has 2 atom stereocenters. The van der Waals surface area contributed by atoms with E-state index in [1.165, 1.54) is 321 Å². The van der Waals surface area contributed by atoms with Crippen LogP contribution in [0.3, 0.4) is 0 Å². The van der Waals surface area contributed by atoms with E-state index in [-0.39, 0.29) is 62.8 Å². The zero-order valence-corrected chi connectivity index (χ0v) is 56.2. The SMILES string of the molecule is CCCCCCCCCCCCCCCCCCCCCC(CCCCCCCCCC)COS(=O)(=O)[O-].CCCCCCCCCCCCCCCCCCCCCC(CCCCCCCCCC)COS(=O)(=O)[O-].[Ca+2]. The van der Waals surface area contributed by atoms with Crippen molar-refractivity contribution in [3.05, 3.63) is 0 Å².